The highest BCUT2D eigenvalue weighted by Crippen LogP contribution is 2.65. The van der Waals surface area contributed by atoms with Gasteiger partial charge in [0.25, 0.3) is 0 Å². The van der Waals surface area contributed by atoms with E-state index >= 15 is 0 Å². The molecule has 49 heavy (non-hydrogen) atoms. The molecule has 244 valence electrons. The monoisotopic (exact) mass is 644 g/mol. The van der Waals surface area contributed by atoms with Gasteiger partial charge in [0.2, 0.25) is 0 Å². The summed E-state index contributed by atoms with van der Waals surface area (Å²) in [5, 5.41) is 18.6. The zero-order valence-electron chi connectivity index (χ0n) is 28.5. The van der Waals surface area contributed by atoms with Crippen LogP contribution in [0.4, 0.5) is 34.4 Å². The Morgan fingerprint density at radius 1 is 0.633 bits per heavy atom. The maximum Gasteiger partial charge on any atom is 0.178 e. The molecule has 1 saturated heterocycles. The second-order valence-electron chi connectivity index (χ2n) is 15.0. The summed E-state index contributed by atoms with van der Waals surface area (Å²) in [5.74, 6) is 2.15. The summed E-state index contributed by atoms with van der Waals surface area (Å²) < 4.78 is 0. The quantitative estimate of drug-likeness (QED) is 0.204. The molecule has 8 heteroatoms. The molecular weight excluding hydrogens is 605 g/mol. The van der Waals surface area contributed by atoms with Crippen LogP contribution in [0.1, 0.15) is 57.4 Å². The molecule has 1 aromatic heterocycles. The summed E-state index contributed by atoms with van der Waals surface area (Å²) in [4.78, 5) is 19.6. The first-order valence-electron chi connectivity index (χ1n) is 17.1. The maximum atomic E-state index is 9.28. The van der Waals surface area contributed by atoms with Crippen LogP contribution in [0.15, 0.2) is 115 Å². The van der Waals surface area contributed by atoms with Crippen LogP contribution in [-0.4, -0.2) is 34.0 Å². The van der Waals surface area contributed by atoms with E-state index in [4.69, 9.17) is 9.97 Å². The Labute approximate surface area is 287 Å². The number of hydrogen-bond acceptors (Lipinski definition) is 6. The highest BCUT2D eigenvalue weighted by Gasteiger charge is 2.63. The number of aromatic nitrogens is 2. The Kier molecular flexibility index (Phi) is 6.20. The minimum Gasteiger partial charge on any atom is -0.302 e. The zero-order valence-corrected chi connectivity index (χ0v) is 28.5. The first-order valence-corrected chi connectivity index (χ1v) is 17.1. The Balaban J connectivity index is 1.31. The van der Waals surface area contributed by atoms with Crippen LogP contribution in [-0.2, 0) is 10.8 Å². The number of fused-ring (bicyclic) bond motifs is 8. The lowest BCUT2D eigenvalue weighted by Gasteiger charge is -2.54. The molecule has 8 nitrogen and oxygen atoms in total. The first kappa shape index (κ1) is 29.6. The van der Waals surface area contributed by atoms with Crippen molar-refractivity contribution in [1.29, 1.82) is 10.8 Å². The molecule has 4 aliphatic rings. The number of nitrogens with zero attached hydrogens (tertiary/aromatic N) is 6. The van der Waals surface area contributed by atoms with Gasteiger partial charge in [-0.2, -0.15) is 0 Å². The Bertz CT molecular complexity index is 2140. The lowest BCUT2D eigenvalue weighted by molar-refractivity contribution is 0.204. The maximum absolute atomic E-state index is 9.28. The van der Waals surface area contributed by atoms with Crippen LogP contribution in [0.25, 0.3) is 0 Å². The summed E-state index contributed by atoms with van der Waals surface area (Å²) in [6, 6.07) is 38.1. The van der Waals surface area contributed by atoms with Gasteiger partial charge in [-0.05, 0) is 47.5 Å². The molecule has 0 bridgehead atoms. The molecular formula is C41H40N8. The van der Waals surface area contributed by atoms with Crippen LogP contribution < -0.4 is 19.6 Å². The van der Waals surface area contributed by atoms with Gasteiger partial charge in [0.1, 0.15) is 12.3 Å². The molecule has 5 unspecified atom stereocenters. The van der Waals surface area contributed by atoms with Gasteiger partial charge in [-0.15, -0.1) is 0 Å². The van der Waals surface area contributed by atoms with Gasteiger partial charge in [0.15, 0.2) is 23.3 Å². The van der Waals surface area contributed by atoms with Gasteiger partial charge in [-0.3, -0.25) is 10.8 Å². The van der Waals surface area contributed by atoms with E-state index in [1.54, 1.807) is 0 Å². The third-order valence-electron chi connectivity index (χ3n) is 11.4. The standard InChI is InChI=1S/C41H40N8/c1-25-38-46(26-16-8-6-9-17-26)34(42)35(43)48(38)31-23-15-13-21-29(31)41(25,5)33-28-20-12-14-22-30(28)49-36-37(45-32(24-44-36)40(2,3)4)47(39(33)49)27-18-10-7-11-19-27/h6-25,33,38-39,42-43H,1-5H3. The fourth-order valence-corrected chi connectivity index (χ4v) is 8.95. The predicted octanol–water partition coefficient (Wildman–Crippen LogP) is 8.70. The SMILES string of the molecule is CC1C2N(c3ccccc3)C(=N)C(=N)N2c2ccccc2C1(C)C1c2ccccc2N2c3ncc(C(C)(C)C)nc3N(c3ccccc3)C12. The van der Waals surface area contributed by atoms with Crippen LogP contribution in [0, 0.1) is 16.7 Å². The molecule has 0 spiro atoms. The number of rotatable bonds is 3. The molecule has 1 fully saturated rings. The van der Waals surface area contributed by atoms with Crippen molar-refractivity contribution in [3.8, 4) is 0 Å². The van der Waals surface area contributed by atoms with E-state index in [9.17, 15) is 10.8 Å². The lowest BCUT2D eigenvalue weighted by Crippen LogP contribution is -2.60. The summed E-state index contributed by atoms with van der Waals surface area (Å²) in [6.45, 7) is 11.3. The van der Waals surface area contributed by atoms with Gasteiger partial charge < -0.3 is 19.6 Å². The van der Waals surface area contributed by atoms with E-state index < -0.39 is 5.41 Å². The third kappa shape index (κ3) is 3.91. The summed E-state index contributed by atoms with van der Waals surface area (Å²) >= 11 is 0. The molecule has 5 atom stereocenters. The van der Waals surface area contributed by atoms with Gasteiger partial charge in [-0.1, -0.05) is 107 Å². The fourth-order valence-electron chi connectivity index (χ4n) is 8.95. The number of anilines is 6. The molecule has 0 radical (unpaired) electrons. The Morgan fingerprint density at radius 3 is 1.88 bits per heavy atom. The second-order valence-corrected chi connectivity index (χ2v) is 15.0. The van der Waals surface area contributed by atoms with Crippen molar-refractivity contribution in [2.24, 2.45) is 5.92 Å². The third-order valence-corrected chi connectivity index (χ3v) is 11.4. The summed E-state index contributed by atoms with van der Waals surface area (Å²) in [6.07, 6.45) is 1.54. The molecule has 2 N–H and O–H groups in total. The summed E-state index contributed by atoms with van der Waals surface area (Å²) in [7, 11) is 0. The second kappa shape index (κ2) is 10.3. The molecule has 0 aliphatic carbocycles. The average Bonchev–Trinajstić information content (AvgIpc) is 3.72. The molecule has 5 heterocycles. The molecule has 9 rings (SSSR count). The van der Waals surface area contributed by atoms with Gasteiger partial charge >= 0.3 is 0 Å². The fraction of sp³-hybridized carbons (Fsp3) is 0.268. The topological polar surface area (TPSA) is 86.4 Å². The number of nitrogens with one attached hydrogen (secondary N) is 2. The zero-order chi connectivity index (χ0) is 33.8. The molecule has 0 saturated carbocycles. The van der Waals surface area contributed by atoms with E-state index in [2.05, 4.69) is 145 Å². The Hall–Kier alpha value is -5.50. The normalized spacial score (nSPS) is 25.2. The van der Waals surface area contributed by atoms with Crippen molar-refractivity contribution in [2.75, 3.05) is 19.6 Å². The van der Waals surface area contributed by atoms with E-state index in [1.807, 2.05) is 24.4 Å². The minimum atomic E-state index is -0.451. The number of benzene rings is 4. The van der Waals surface area contributed by atoms with Crippen molar-refractivity contribution in [3.63, 3.8) is 0 Å². The molecule has 4 aliphatic heterocycles. The molecule has 5 aromatic rings. The van der Waals surface area contributed by atoms with Crippen molar-refractivity contribution in [2.45, 2.75) is 63.7 Å². The highest BCUT2D eigenvalue weighted by atomic mass is 15.5. The van der Waals surface area contributed by atoms with Crippen LogP contribution in [0.2, 0.25) is 0 Å². The van der Waals surface area contributed by atoms with Crippen molar-refractivity contribution >= 4 is 46.1 Å². The van der Waals surface area contributed by atoms with Crippen molar-refractivity contribution < 1.29 is 0 Å². The van der Waals surface area contributed by atoms with Crippen molar-refractivity contribution in [3.05, 3.63) is 132 Å². The number of amidine groups is 2. The van der Waals surface area contributed by atoms with Crippen LogP contribution in [0.5, 0.6) is 0 Å². The predicted molar refractivity (Wildman–Crippen MR) is 198 cm³/mol. The van der Waals surface area contributed by atoms with Crippen LogP contribution >= 0.6 is 0 Å². The van der Waals surface area contributed by atoms with Gasteiger partial charge in [0.05, 0.1) is 11.9 Å². The highest BCUT2D eigenvalue weighted by molar-refractivity contribution is 6.50. The van der Waals surface area contributed by atoms with Gasteiger partial charge in [-0.25, -0.2) is 9.97 Å². The largest absolute Gasteiger partial charge is 0.302 e. The van der Waals surface area contributed by atoms with E-state index in [0.717, 1.165) is 40.1 Å². The van der Waals surface area contributed by atoms with E-state index in [0.29, 0.717) is 0 Å². The Morgan fingerprint density at radius 2 is 1.20 bits per heavy atom. The molecule has 4 aromatic carbocycles. The lowest BCUT2D eigenvalue weighted by atomic mass is 9.58. The van der Waals surface area contributed by atoms with Crippen LogP contribution in [0.3, 0.4) is 0 Å². The summed E-state index contributed by atoms with van der Waals surface area (Å²) in [5.41, 5.74) is 6.94. The number of para-hydroxylation sites is 4. The smallest absolute Gasteiger partial charge is 0.178 e. The van der Waals surface area contributed by atoms with Gasteiger partial charge in [0, 0.05) is 45.4 Å². The molecule has 0 amide bonds. The first-order chi connectivity index (χ1) is 23.6. The minimum absolute atomic E-state index is 0.0174. The van der Waals surface area contributed by atoms with Crippen molar-refractivity contribution in [1.82, 2.24) is 9.97 Å². The number of hydrogen-bond donors (Lipinski definition) is 2. The van der Waals surface area contributed by atoms with E-state index in [1.165, 1.54) is 11.1 Å². The average molecular weight is 645 g/mol. The van der Waals surface area contributed by atoms with E-state index in [-0.39, 0.29) is 41.3 Å².